The first-order chi connectivity index (χ1) is 11.2. The van der Waals surface area contributed by atoms with E-state index < -0.39 is 6.10 Å². The molecule has 2 rings (SSSR count). The lowest BCUT2D eigenvalue weighted by molar-refractivity contribution is -0.126. The van der Waals surface area contributed by atoms with Crippen molar-refractivity contribution in [2.24, 2.45) is 0 Å². The van der Waals surface area contributed by atoms with E-state index in [0.717, 1.165) is 11.3 Å². The van der Waals surface area contributed by atoms with Crippen LogP contribution in [0.25, 0.3) is 0 Å². The topological polar surface area (TPSA) is 47.6 Å². The molecular formula is C19H19NO3. The van der Waals surface area contributed by atoms with E-state index in [2.05, 4.69) is 17.2 Å². The lowest BCUT2D eigenvalue weighted by atomic mass is 10.2. The average molecular weight is 309 g/mol. The summed E-state index contributed by atoms with van der Waals surface area (Å²) in [5, 5.41) is 2.73. The monoisotopic (exact) mass is 309 g/mol. The molecule has 0 aliphatic heterocycles. The second-order valence-corrected chi connectivity index (χ2v) is 4.82. The zero-order chi connectivity index (χ0) is 16.5. The van der Waals surface area contributed by atoms with Gasteiger partial charge in [-0.2, -0.15) is 0 Å². The van der Waals surface area contributed by atoms with Gasteiger partial charge in [0.2, 0.25) is 0 Å². The van der Waals surface area contributed by atoms with Crippen LogP contribution in [0.5, 0.6) is 11.5 Å². The molecule has 4 nitrogen and oxygen atoms in total. The summed E-state index contributed by atoms with van der Waals surface area (Å²) >= 11 is 0. The van der Waals surface area contributed by atoms with Crippen LogP contribution >= 0.6 is 0 Å². The fraction of sp³-hybridized carbons (Fsp3) is 0.211. The number of carbonyl (C=O) groups is 1. The van der Waals surface area contributed by atoms with Crippen molar-refractivity contribution in [3.63, 3.8) is 0 Å². The highest BCUT2D eigenvalue weighted by Crippen LogP contribution is 2.18. The van der Waals surface area contributed by atoms with Crippen LogP contribution in [0.1, 0.15) is 12.5 Å². The average Bonchev–Trinajstić information content (AvgIpc) is 2.60. The highest BCUT2D eigenvalue weighted by atomic mass is 16.5. The Hall–Kier alpha value is -2.93. The van der Waals surface area contributed by atoms with Gasteiger partial charge >= 0.3 is 0 Å². The first-order valence-electron chi connectivity index (χ1n) is 7.31. The molecule has 0 radical (unpaired) electrons. The van der Waals surface area contributed by atoms with Gasteiger partial charge in [-0.05, 0) is 43.3 Å². The standard InChI is InChI=1S/C19H19NO3/c1-15(23-18-12-10-17(22-2)11-13-18)19(21)20-14-6-9-16-7-4-3-5-8-16/h3-5,7-8,10-13,15H,14H2,1-2H3,(H,20,21). The quantitative estimate of drug-likeness (QED) is 0.864. The molecule has 1 atom stereocenters. The van der Waals surface area contributed by atoms with Gasteiger partial charge in [-0.25, -0.2) is 0 Å². The second-order valence-electron chi connectivity index (χ2n) is 4.82. The van der Waals surface area contributed by atoms with E-state index in [0.29, 0.717) is 5.75 Å². The van der Waals surface area contributed by atoms with Crippen LogP contribution in [0, 0.1) is 11.8 Å². The maximum Gasteiger partial charge on any atom is 0.261 e. The Bertz CT molecular complexity index is 684. The molecule has 4 heteroatoms. The molecule has 1 unspecified atom stereocenters. The molecule has 118 valence electrons. The first kappa shape index (κ1) is 16.4. The van der Waals surface area contributed by atoms with Gasteiger partial charge < -0.3 is 14.8 Å². The zero-order valence-electron chi connectivity index (χ0n) is 13.2. The molecule has 1 N–H and O–H groups in total. The largest absolute Gasteiger partial charge is 0.497 e. The molecule has 0 saturated carbocycles. The Labute approximate surface area is 136 Å². The van der Waals surface area contributed by atoms with E-state index in [1.54, 1.807) is 38.3 Å². The Morgan fingerprint density at radius 1 is 1.09 bits per heavy atom. The van der Waals surface area contributed by atoms with Crippen molar-refractivity contribution < 1.29 is 14.3 Å². The van der Waals surface area contributed by atoms with Crippen LogP contribution in [0.3, 0.4) is 0 Å². The van der Waals surface area contributed by atoms with Crippen LogP contribution in [-0.2, 0) is 4.79 Å². The van der Waals surface area contributed by atoms with Gasteiger partial charge in [0.15, 0.2) is 6.10 Å². The summed E-state index contributed by atoms with van der Waals surface area (Å²) in [5.74, 6) is 7.04. The molecule has 0 aliphatic carbocycles. The number of benzene rings is 2. The summed E-state index contributed by atoms with van der Waals surface area (Å²) in [6.07, 6.45) is -0.595. The van der Waals surface area contributed by atoms with Crippen LogP contribution in [0.4, 0.5) is 0 Å². The van der Waals surface area contributed by atoms with E-state index in [-0.39, 0.29) is 12.5 Å². The van der Waals surface area contributed by atoms with Crippen LogP contribution in [-0.4, -0.2) is 25.7 Å². The minimum atomic E-state index is -0.595. The van der Waals surface area contributed by atoms with Crippen molar-refractivity contribution in [1.82, 2.24) is 5.32 Å². The van der Waals surface area contributed by atoms with E-state index in [9.17, 15) is 4.79 Å². The Kier molecular flexibility index (Phi) is 6.07. The summed E-state index contributed by atoms with van der Waals surface area (Å²) in [5.41, 5.74) is 0.921. The van der Waals surface area contributed by atoms with Gasteiger partial charge in [0.05, 0.1) is 13.7 Å². The van der Waals surface area contributed by atoms with Crippen molar-refractivity contribution in [1.29, 1.82) is 0 Å². The van der Waals surface area contributed by atoms with E-state index in [1.807, 2.05) is 30.3 Å². The minimum Gasteiger partial charge on any atom is -0.497 e. The highest BCUT2D eigenvalue weighted by molar-refractivity contribution is 5.80. The van der Waals surface area contributed by atoms with Crippen molar-refractivity contribution in [3.05, 3.63) is 60.2 Å². The fourth-order valence-corrected chi connectivity index (χ4v) is 1.85. The summed E-state index contributed by atoms with van der Waals surface area (Å²) in [4.78, 5) is 12.0. The molecule has 0 heterocycles. The predicted octanol–water partition coefficient (Wildman–Crippen LogP) is 2.63. The molecule has 0 saturated heterocycles. The number of hydrogen-bond donors (Lipinski definition) is 1. The number of carbonyl (C=O) groups excluding carboxylic acids is 1. The maximum atomic E-state index is 12.0. The van der Waals surface area contributed by atoms with Gasteiger partial charge in [-0.1, -0.05) is 30.0 Å². The van der Waals surface area contributed by atoms with E-state index in [4.69, 9.17) is 9.47 Å². The number of nitrogens with one attached hydrogen (secondary N) is 1. The van der Waals surface area contributed by atoms with Gasteiger partial charge in [0.1, 0.15) is 11.5 Å². The summed E-state index contributed by atoms with van der Waals surface area (Å²) in [7, 11) is 1.60. The molecule has 0 aliphatic rings. The summed E-state index contributed by atoms with van der Waals surface area (Å²) in [6.45, 7) is 1.98. The van der Waals surface area contributed by atoms with E-state index in [1.165, 1.54) is 0 Å². The van der Waals surface area contributed by atoms with Crippen LogP contribution in [0.2, 0.25) is 0 Å². The molecule has 2 aromatic rings. The normalized spacial score (nSPS) is 10.9. The summed E-state index contributed by atoms with van der Waals surface area (Å²) < 4.78 is 10.6. The molecule has 0 spiro atoms. The number of amides is 1. The molecule has 23 heavy (non-hydrogen) atoms. The lowest BCUT2D eigenvalue weighted by Crippen LogP contribution is -2.36. The number of rotatable bonds is 5. The number of methoxy groups -OCH3 is 1. The number of ether oxygens (including phenoxy) is 2. The van der Waals surface area contributed by atoms with Gasteiger partial charge in [-0.3, -0.25) is 4.79 Å². The molecule has 2 aromatic carbocycles. The SMILES string of the molecule is COc1ccc(OC(C)C(=O)NCC#Cc2ccccc2)cc1. The van der Waals surface area contributed by atoms with Gasteiger partial charge in [0.25, 0.3) is 5.91 Å². The maximum absolute atomic E-state index is 12.0. The second kappa shape index (κ2) is 8.50. The zero-order valence-corrected chi connectivity index (χ0v) is 13.2. The van der Waals surface area contributed by atoms with Crippen molar-refractivity contribution in [2.75, 3.05) is 13.7 Å². The Morgan fingerprint density at radius 3 is 2.39 bits per heavy atom. The van der Waals surface area contributed by atoms with Gasteiger partial charge in [0, 0.05) is 5.56 Å². The third-order valence-electron chi connectivity index (χ3n) is 3.10. The minimum absolute atomic E-state index is 0.205. The van der Waals surface area contributed by atoms with Crippen LogP contribution in [0.15, 0.2) is 54.6 Å². The predicted molar refractivity (Wildman–Crippen MR) is 89.4 cm³/mol. The lowest BCUT2D eigenvalue weighted by Gasteiger charge is -2.14. The molecule has 0 aromatic heterocycles. The fourth-order valence-electron chi connectivity index (χ4n) is 1.85. The molecule has 1 amide bonds. The third-order valence-corrected chi connectivity index (χ3v) is 3.10. The third kappa shape index (κ3) is 5.40. The Balaban J connectivity index is 1.79. The first-order valence-corrected chi connectivity index (χ1v) is 7.31. The molecule has 0 bridgehead atoms. The van der Waals surface area contributed by atoms with Crippen molar-refractivity contribution in [2.45, 2.75) is 13.0 Å². The van der Waals surface area contributed by atoms with Crippen molar-refractivity contribution >= 4 is 5.91 Å². The molecule has 0 fully saturated rings. The molecular weight excluding hydrogens is 290 g/mol. The summed E-state index contributed by atoms with van der Waals surface area (Å²) in [6, 6.07) is 16.7. The van der Waals surface area contributed by atoms with Crippen molar-refractivity contribution in [3.8, 4) is 23.3 Å². The van der Waals surface area contributed by atoms with E-state index >= 15 is 0 Å². The highest BCUT2D eigenvalue weighted by Gasteiger charge is 2.13. The van der Waals surface area contributed by atoms with Crippen LogP contribution < -0.4 is 14.8 Å². The Morgan fingerprint density at radius 2 is 1.74 bits per heavy atom. The smallest absolute Gasteiger partial charge is 0.261 e. The van der Waals surface area contributed by atoms with Gasteiger partial charge in [-0.15, -0.1) is 0 Å². The number of hydrogen-bond acceptors (Lipinski definition) is 3.